The fraction of sp³-hybridized carbons (Fsp3) is 0.405. The van der Waals surface area contributed by atoms with E-state index in [0.717, 1.165) is 35.9 Å². The Morgan fingerprint density at radius 2 is 1.54 bits per heavy atom. The van der Waals surface area contributed by atoms with E-state index in [-0.39, 0.29) is 30.2 Å². The van der Waals surface area contributed by atoms with Gasteiger partial charge in [0.05, 0.1) is 38.3 Å². The van der Waals surface area contributed by atoms with E-state index in [1.807, 2.05) is 54.6 Å². The maximum absolute atomic E-state index is 13.7. The SMILES string of the molecule is CCC/C(=C\c1ccccc1O)CC[C@@H](O)C1=C(CO[Si](c2ccccc2)(c2ccccc2)C(C)(C)C)C[C@H]2C(=O)N(C(=O)OC)C(=O)[C@H]2[C@H]1CO. The Balaban J connectivity index is 1.59. The number of rotatable bonds is 13. The molecule has 3 amide bonds. The van der Waals surface area contributed by atoms with Gasteiger partial charge >= 0.3 is 6.09 Å². The molecule has 52 heavy (non-hydrogen) atoms. The van der Waals surface area contributed by atoms with Crippen LogP contribution in [0.15, 0.2) is 102 Å². The molecule has 1 aliphatic heterocycles. The average molecular weight is 726 g/mol. The molecule has 3 aromatic rings. The minimum absolute atomic E-state index is 0.0502. The van der Waals surface area contributed by atoms with Gasteiger partial charge < -0.3 is 24.5 Å². The maximum atomic E-state index is 13.7. The monoisotopic (exact) mass is 725 g/mol. The highest BCUT2D eigenvalue weighted by Crippen LogP contribution is 2.47. The van der Waals surface area contributed by atoms with Gasteiger partial charge in [0.2, 0.25) is 11.8 Å². The van der Waals surface area contributed by atoms with Gasteiger partial charge in [-0.25, -0.2) is 4.79 Å². The van der Waals surface area contributed by atoms with Gasteiger partial charge in [-0.3, -0.25) is 9.59 Å². The fourth-order valence-electron chi connectivity index (χ4n) is 8.22. The smallest absolute Gasteiger partial charge is 0.423 e. The summed E-state index contributed by atoms with van der Waals surface area (Å²) in [5.74, 6) is -4.12. The van der Waals surface area contributed by atoms with Crippen molar-refractivity contribution in [2.75, 3.05) is 20.3 Å². The third-order valence-electron chi connectivity index (χ3n) is 10.6. The van der Waals surface area contributed by atoms with Crippen molar-refractivity contribution in [2.24, 2.45) is 17.8 Å². The minimum Gasteiger partial charge on any atom is -0.507 e. The number of aromatic hydroxyl groups is 1. The van der Waals surface area contributed by atoms with Crippen LogP contribution in [0.2, 0.25) is 5.04 Å². The number of ether oxygens (including phenoxy) is 1. The molecular weight excluding hydrogens is 675 g/mol. The van der Waals surface area contributed by atoms with E-state index in [0.29, 0.717) is 28.0 Å². The summed E-state index contributed by atoms with van der Waals surface area (Å²) in [5, 5.41) is 35.3. The molecule has 0 unspecified atom stereocenters. The molecule has 1 heterocycles. The number of methoxy groups -OCH3 is 1. The fourth-order valence-corrected chi connectivity index (χ4v) is 12.8. The van der Waals surface area contributed by atoms with Crippen molar-refractivity contribution in [3.05, 3.63) is 107 Å². The summed E-state index contributed by atoms with van der Waals surface area (Å²) >= 11 is 0. The molecule has 10 heteroatoms. The minimum atomic E-state index is -3.07. The van der Waals surface area contributed by atoms with Gasteiger partial charge in [0.25, 0.3) is 8.32 Å². The molecule has 2 aliphatic rings. The molecule has 4 atom stereocenters. The van der Waals surface area contributed by atoms with Crippen molar-refractivity contribution in [3.63, 3.8) is 0 Å². The number of allylic oxidation sites excluding steroid dienone is 1. The van der Waals surface area contributed by atoms with Gasteiger partial charge in [0, 0.05) is 11.5 Å². The van der Waals surface area contributed by atoms with Crippen molar-refractivity contribution in [2.45, 2.75) is 70.9 Å². The van der Waals surface area contributed by atoms with Crippen LogP contribution in [0.1, 0.15) is 65.4 Å². The highest BCUT2D eigenvalue weighted by molar-refractivity contribution is 6.99. The van der Waals surface area contributed by atoms with Crippen LogP contribution in [0, 0.1) is 17.8 Å². The number of carbonyl (C=O) groups is 3. The lowest BCUT2D eigenvalue weighted by atomic mass is 9.68. The molecule has 0 bridgehead atoms. The van der Waals surface area contributed by atoms with Gasteiger partial charge in [-0.2, -0.15) is 4.90 Å². The number of phenols is 1. The highest BCUT2D eigenvalue weighted by Gasteiger charge is 2.58. The first-order valence-electron chi connectivity index (χ1n) is 18.1. The first-order chi connectivity index (χ1) is 24.9. The Kier molecular flexibility index (Phi) is 12.4. The Bertz CT molecular complexity index is 1760. The molecule has 1 aliphatic carbocycles. The summed E-state index contributed by atoms with van der Waals surface area (Å²) in [7, 11) is -1.96. The normalized spacial score (nSPS) is 20.2. The van der Waals surface area contributed by atoms with Gasteiger partial charge in [-0.1, -0.05) is 125 Å². The highest BCUT2D eigenvalue weighted by atomic mass is 28.4. The summed E-state index contributed by atoms with van der Waals surface area (Å²) in [6.45, 7) is 8.09. The van der Waals surface area contributed by atoms with Gasteiger partial charge in [0.1, 0.15) is 5.75 Å². The number of imide groups is 3. The Labute approximate surface area is 307 Å². The van der Waals surface area contributed by atoms with E-state index in [1.165, 1.54) is 0 Å². The summed E-state index contributed by atoms with van der Waals surface area (Å²) in [6, 6.07) is 27.4. The van der Waals surface area contributed by atoms with Gasteiger partial charge in [0.15, 0.2) is 0 Å². The second-order valence-corrected chi connectivity index (χ2v) is 19.1. The molecule has 3 N–H and O–H groups in total. The lowest BCUT2D eigenvalue weighted by Crippen LogP contribution is -2.66. The van der Waals surface area contributed by atoms with Crippen LogP contribution >= 0.6 is 0 Å². The number of likely N-dealkylation sites (tertiary alicyclic amines) is 1. The summed E-state index contributed by atoms with van der Waals surface area (Å²) < 4.78 is 12.1. The Morgan fingerprint density at radius 3 is 2.08 bits per heavy atom. The van der Waals surface area contributed by atoms with Gasteiger partial charge in [-0.15, -0.1) is 0 Å². The van der Waals surface area contributed by atoms with Crippen molar-refractivity contribution in [3.8, 4) is 5.75 Å². The van der Waals surface area contributed by atoms with E-state index < -0.39 is 56.7 Å². The van der Waals surface area contributed by atoms with Crippen LogP contribution < -0.4 is 10.4 Å². The van der Waals surface area contributed by atoms with Crippen LogP contribution in [-0.4, -0.2) is 72.9 Å². The second kappa shape index (κ2) is 16.5. The second-order valence-electron chi connectivity index (χ2n) is 14.8. The largest absolute Gasteiger partial charge is 0.507 e. The Morgan fingerprint density at radius 1 is 0.942 bits per heavy atom. The first-order valence-corrected chi connectivity index (χ1v) is 20.0. The van der Waals surface area contributed by atoms with Crippen LogP contribution in [0.5, 0.6) is 5.75 Å². The molecule has 276 valence electrons. The van der Waals surface area contributed by atoms with Crippen LogP contribution in [0.4, 0.5) is 4.79 Å². The van der Waals surface area contributed by atoms with E-state index in [2.05, 4.69) is 52.0 Å². The molecule has 9 nitrogen and oxygen atoms in total. The quantitative estimate of drug-likeness (QED) is 0.112. The van der Waals surface area contributed by atoms with E-state index >= 15 is 0 Å². The number of benzene rings is 3. The number of nitrogens with zero attached hydrogens (tertiary/aromatic N) is 1. The van der Waals surface area contributed by atoms with Crippen LogP contribution in [0.25, 0.3) is 6.08 Å². The number of hydrogen-bond donors (Lipinski definition) is 3. The third-order valence-corrected chi connectivity index (χ3v) is 15.6. The topological polar surface area (TPSA) is 134 Å². The van der Waals surface area contributed by atoms with E-state index in [1.54, 1.807) is 12.1 Å². The standard InChI is InChI=1S/C42H51NO8Si/c1-6-15-28(24-29-16-13-14-21-35(29)45)22-23-36(46)37-30(25-33-38(34(37)26-44)40(48)43(39(33)47)41(49)50-5)27-51-52(42(2,3)4,31-17-9-7-10-18-31)32-19-11-8-12-20-32/h7-14,16-21,24,33-34,36,38,44-46H,6,15,22-23,25-27H2,1-5H3/b28-24+/t33-,34+,36-,38-/m1/s1. The van der Waals surface area contributed by atoms with Gasteiger partial charge in [-0.05, 0) is 58.3 Å². The van der Waals surface area contributed by atoms with Crippen molar-refractivity contribution in [1.29, 1.82) is 0 Å². The van der Waals surface area contributed by atoms with Crippen molar-refractivity contribution in [1.82, 2.24) is 4.90 Å². The molecule has 0 spiro atoms. The number of aliphatic hydroxyl groups is 2. The zero-order chi connectivity index (χ0) is 37.6. The average Bonchev–Trinajstić information content (AvgIpc) is 3.39. The van der Waals surface area contributed by atoms with Crippen molar-refractivity contribution < 1.29 is 38.9 Å². The number of fused-ring (bicyclic) bond motifs is 1. The molecule has 1 saturated heterocycles. The number of hydrogen-bond acceptors (Lipinski definition) is 8. The summed E-state index contributed by atoms with van der Waals surface area (Å²) in [6.07, 6.45) is 2.25. The molecule has 0 radical (unpaired) electrons. The number of amides is 3. The summed E-state index contributed by atoms with van der Waals surface area (Å²) in [4.78, 5) is 40.6. The number of aliphatic hydroxyl groups excluding tert-OH is 2. The molecule has 1 fully saturated rings. The molecule has 5 rings (SSSR count). The van der Waals surface area contributed by atoms with Crippen LogP contribution in [-0.2, 0) is 18.8 Å². The van der Waals surface area contributed by atoms with Crippen LogP contribution in [0.3, 0.4) is 0 Å². The van der Waals surface area contributed by atoms with E-state index in [4.69, 9.17) is 9.16 Å². The first kappa shape index (κ1) is 38.9. The summed E-state index contributed by atoms with van der Waals surface area (Å²) in [5.41, 5.74) is 2.85. The third kappa shape index (κ3) is 7.57. The lowest BCUT2D eigenvalue weighted by Gasteiger charge is -2.44. The molecule has 0 aromatic heterocycles. The number of carbonyl (C=O) groups excluding carboxylic acids is 3. The lowest BCUT2D eigenvalue weighted by molar-refractivity contribution is -0.137. The number of para-hydroxylation sites is 1. The predicted molar refractivity (Wildman–Crippen MR) is 203 cm³/mol. The number of phenolic OH excluding ortho intramolecular Hbond substituents is 1. The Hall–Kier alpha value is -4.35. The molecular formula is C42H51NO8Si. The van der Waals surface area contributed by atoms with Crippen molar-refractivity contribution >= 4 is 42.7 Å². The molecule has 3 aromatic carbocycles. The predicted octanol–water partition coefficient (Wildman–Crippen LogP) is 5.97. The van der Waals surface area contributed by atoms with E-state index in [9.17, 15) is 29.7 Å². The zero-order valence-corrected chi connectivity index (χ0v) is 31.7. The maximum Gasteiger partial charge on any atom is 0.423 e. The molecule has 0 saturated carbocycles. The zero-order valence-electron chi connectivity index (χ0n) is 30.7.